The first-order valence-corrected chi connectivity index (χ1v) is 18.3. The van der Waals surface area contributed by atoms with Crippen LogP contribution in [0.1, 0.15) is 25.0 Å². The lowest BCUT2D eigenvalue weighted by Gasteiger charge is -2.27. The number of hydrogen-bond donors (Lipinski definition) is 0. The highest BCUT2D eigenvalue weighted by molar-refractivity contribution is 6.08. The van der Waals surface area contributed by atoms with E-state index in [1.807, 2.05) is 0 Å². The summed E-state index contributed by atoms with van der Waals surface area (Å²) in [6, 6.07) is 67.7. The SMILES string of the molecule is CC1(C)c2ccccc2-c2cc3oc4cc(N(c5ccc(-c6ccccc6)cc5)c5ccc(-c6ccccc6)c(-c6ccccc6)c5)ccc4c3cc21. The van der Waals surface area contributed by atoms with Crippen molar-refractivity contribution in [1.29, 1.82) is 0 Å². The molecule has 0 amide bonds. The molecule has 2 nitrogen and oxygen atoms in total. The Bertz CT molecular complexity index is 2780. The minimum Gasteiger partial charge on any atom is -0.456 e. The molecule has 1 aromatic heterocycles. The van der Waals surface area contributed by atoms with Gasteiger partial charge >= 0.3 is 0 Å². The van der Waals surface area contributed by atoms with Crippen molar-refractivity contribution in [2.24, 2.45) is 0 Å². The van der Waals surface area contributed by atoms with Crippen LogP contribution in [0.5, 0.6) is 0 Å². The van der Waals surface area contributed by atoms with Crippen LogP contribution in [0.2, 0.25) is 0 Å². The zero-order valence-corrected chi connectivity index (χ0v) is 29.8. The quantitative estimate of drug-likeness (QED) is 0.174. The fourth-order valence-corrected chi connectivity index (χ4v) is 8.38. The normalized spacial score (nSPS) is 12.9. The number of furan rings is 1. The van der Waals surface area contributed by atoms with Gasteiger partial charge in [-0.1, -0.05) is 147 Å². The molecule has 0 N–H and O–H groups in total. The molecule has 0 unspecified atom stereocenters. The Balaban J connectivity index is 1.15. The minimum atomic E-state index is -0.0747. The molecule has 8 aromatic carbocycles. The van der Waals surface area contributed by atoms with Gasteiger partial charge < -0.3 is 9.32 Å². The third-order valence-corrected chi connectivity index (χ3v) is 11.1. The lowest BCUT2D eigenvalue weighted by atomic mass is 9.82. The summed E-state index contributed by atoms with van der Waals surface area (Å²) in [4.78, 5) is 2.35. The highest BCUT2D eigenvalue weighted by Crippen LogP contribution is 2.51. The van der Waals surface area contributed by atoms with Crippen molar-refractivity contribution in [3.63, 3.8) is 0 Å². The molecule has 0 bridgehead atoms. The molecule has 0 saturated heterocycles. The van der Waals surface area contributed by atoms with Crippen LogP contribution >= 0.6 is 0 Å². The van der Waals surface area contributed by atoms with Crippen molar-refractivity contribution in [2.45, 2.75) is 19.3 Å². The summed E-state index contributed by atoms with van der Waals surface area (Å²) < 4.78 is 6.74. The lowest BCUT2D eigenvalue weighted by Crippen LogP contribution is -2.14. The van der Waals surface area contributed by atoms with Gasteiger partial charge in [-0.25, -0.2) is 0 Å². The monoisotopic (exact) mass is 679 g/mol. The van der Waals surface area contributed by atoms with Crippen LogP contribution in [0.4, 0.5) is 17.1 Å². The lowest BCUT2D eigenvalue weighted by molar-refractivity contribution is 0.658. The Labute approximate surface area is 310 Å². The molecule has 2 heteroatoms. The van der Waals surface area contributed by atoms with E-state index in [0.29, 0.717) is 0 Å². The highest BCUT2D eigenvalue weighted by Gasteiger charge is 2.36. The zero-order valence-electron chi connectivity index (χ0n) is 29.8. The van der Waals surface area contributed by atoms with E-state index in [1.165, 1.54) is 55.6 Å². The minimum absolute atomic E-state index is 0.0747. The fraction of sp³-hybridized carbons (Fsp3) is 0.0588. The maximum Gasteiger partial charge on any atom is 0.137 e. The third kappa shape index (κ3) is 5.18. The summed E-state index contributed by atoms with van der Waals surface area (Å²) >= 11 is 0. The number of rotatable bonds is 6. The summed E-state index contributed by atoms with van der Waals surface area (Å²) in [6.07, 6.45) is 0. The van der Waals surface area contributed by atoms with E-state index in [-0.39, 0.29) is 5.41 Å². The van der Waals surface area contributed by atoms with Crippen molar-refractivity contribution in [2.75, 3.05) is 4.90 Å². The van der Waals surface area contributed by atoms with E-state index >= 15 is 0 Å². The van der Waals surface area contributed by atoms with Gasteiger partial charge in [-0.3, -0.25) is 0 Å². The van der Waals surface area contributed by atoms with Gasteiger partial charge in [-0.05, 0) is 104 Å². The second kappa shape index (κ2) is 12.3. The van der Waals surface area contributed by atoms with Crippen molar-refractivity contribution < 1.29 is 4.42 Å². The summed E-state index contributed by atoms with van der Waals surface area (Å²) in [5.41, 5.74) is 17.3. The van der Waals surface area contributed by atoms with E-state index in [0.717, 1.165) is 39.0 Å². The van der Waals surface area contributed by atoms with Gasteiger partial charge in [-0.15, -0.1) is 0 Å². The summed E-state index contributed by atoms with van der Waals surface area (Å²) in [6.45, 7) is 4.66. The number of hydrogen-bond acceptors (Lipinski definition) is 2. The van der Waals surface area contributed by atoms with E-state index in [1.54, 1.807) is 0 Å². The molecule has 10 rings (SSSR count). The second-order valence-electron chi connectivity index (χ2n) is 14.6. The maximum absolute atomic E-state index is 6.74. The summed E-state index contributed by atoms with van der Waals surface area (Å²) in [5, 5.41) is 2.28. The van der Waals surface area contributed by atoms with Crippen LogP contribution in [0.15, 0.2) is 192 Å². The van der Waals surface area contributed by atoms with Gasteiger partial charge in [0.1, 0.15) is 11.2 Å². The Morgan fingerprint density at radius 2 is 0.906 bits per heavy atom. The Kier molecular flexibility index (Phi) is 7.19. The molecule has 9 aromatic rings. The maximum atomic E-state index is 6.74. The van der Waals surface area contributed by atoms with Crippen LogP contribution in [-0.2, 0) is 5.41 Å². The first kappa shape index (κ1) is 31.1. The van der Waals surface area contributed by atoms with E-state index < -0.39 is 0 Å². The number of nitrogens with zero attached hydrogens (tertiary/aromatic N) is 1. The smallest absolute Gasteiger partial charge is 0.137 e. The zero-order chi connectivity index (χ0) is 35.5. The van der Waals surface area contributed by atoms with Crippen molar-refractivity contribution >= 4 is 39.0 Å². The molecule has 0 fully saturated rings. The Morgan fingerprint density at radius 1 is 0.358 bits per heavy atom. The molecule has 0 radical (unpaired) electrons. The van der Waals surface area contributed by atoms with Gasteiger partial charge in [0.15, 0.2) is 0 Å². The van der Waals surface area contributed by atoms with Crippen LogP contribution in [0.3, 0.4) is 0 Å². The molecule has 0 atom stereocenters. The molecule has 53 heavy (non-hydrogen) atoms. The molecule has 1 aliphatic carbocycles. The highest BCUT2D eigenvalue weighted by atomic mass is 16.3. The molecular formula is C51H37NO. The van der Waals surface area contributed by atoms with Crippen molar-refractivity contribution in [1.82, 2.24) is 0 Å². The second-order valence-corrected chi connectivity index (χ2v) is 14.6. The molecule has 0 spiro atoms. The predicted octanol–water partition coefficient (Wildman–Crippen LogP) is 14.4. The molecule has 0 saturated carbocycles. The average Bonchev–Trinajstić information content (AvgIpc) is 3.69. The fourth-order valence-electron chi connectivity index (χ4n) is 8.38. The Hall–Kier alpha value is -6.64. The molecule has 252 valence electrons. The van der Waals surface area contributed by atoms with Crippen LogP contribution in [-0.4, -0.2) is 0 Å². The molecule has 1 heterocycles. The summed E-state index contributed by atoms with van der Waals surface area (Å²) in [5.74, 6) is 0. The standard InChI is InChI=1S/C51H37NO/c1-51(2)47-21-13-12-20-42(47)45-33-50-46(32-48(45)51)43-29-27-40(31-49(43)53-50)52(38-24-22-35(23-25-38)34-14-6-3-7-15-34)39-26-28-41(36-16-8-4-9-17-36)44(30-39)37-18-10-5-11-19-37/h3-33H,1-2H3. The predicted molar refractivity (Wildman–Crippen MR) is 222 cm³/mol. The first-order chi connectivity index (χ1) is 26.0. The Morgan fingerprint density at radius 3 is 1.62 bits per heavy atom. The average molecular weight is 680 g/mol. The topological polar surface area (TPSA) is 16.4 Å². The van der Waals surface area contributed by atoms with Crippen LogP contribution in [0.25, 0.3) is 66.4 Å². The largest absolute Gasteiger partial charge is 0.456 e. The van der Waals surface area contributed by atoms with Crippen LogP contribution < -0.4 is 4.90 Å². The van der Waals surface area contributed by atoms with Crippen molar-refractivity contribution in [3.05, 3.63) is 199 Å². The number of anilines is 3. The number of benzene rings is 8. The van der Waals surface area contributed by atoms with E-state index in [4.69, 9.17) is 4.42 Å². The third-order valence-electron chi connectivity index (χ3n) is 11.1. The van der Waals surface area contributed by atoms with E-state index in [9.17, 15) is 0 Å². The summed E-state index contributed by atoms with van der Waals surface area (Å²) in [7, 11) is 0. The van der Waals surface area contributed by atoms with Gasteiger partial charge in [-0.2, -0.15) is 0 Å². The van der Waals surface area contributed by atoms with Gasteiger partial charge in [0.05, 0.1) is 0 Å². The van der Waals surface area contributed by atoms with E-state index in [2.05, 4.69) is 207 Å². The molecule has 0 aliphatic heterocycles. The molecular weight excluding hydrogens is 643 g/mol. The van der Waals surface area contributed by atoms with Crippen LogP contribution in [0, 0.1) is 0 Å². The first-order valence-electron chi connectivity index (χ1n) is 18.3. The van der Waals surface area contributed by atoms with Gasteiger partial charge in [0, 0.05) is 39.3 Å². The number of fused-ring (bicyclic) bond motifs is 6. The van der Waals surface area contributed by atoms with Gasteiger partial charge in [0.2, 0.25) is 0 Å². The van der Waals surface area contributed by atoms with Crippen molar-refractivity contribution in [3.8, 4) is 44.5 Å². The van der Waals surface area contributed by atoms with Gasteiger partial charge in [0.25, 0.3) is 0 Å². The molecule has 1 aliphatic rings.